The van der Waals surface area contributed by atoms with Gasteiger partial charge in [0.25, 0.3) is 0 Å². The Balaban J connectivity index is 0.792. The third-order valence-corrected chi connectivity index (χ3v) is 17.9. The van der Waals surface area contributed by atoms with Crippen LogP contribution in [-0.4, -0.2) is 0 Å². The zero-order valence-electron chi connectivity index (χ0n) is 49.9. The summed E-state index contributed by atoms with van der Waals surface area (Å²) in [7, 11) is 0. The van der Waals surface area contributed by atoms with Crippen molar-refractivity contribution in [2.45, 2.75) is 19.3 Å². The van der Waals surface area contributed by atoms with Gasteiger partial charge in [0.05, 0.1) is 0 Å². The van der Waals surface area contributed by atoms with E-state index in [4.69, 9.17) is 0 Å². The maximum absolute atomic E-state index is 2.44. The molecule has 0 aromatic heterocycles. The van der Waals surface area contributed by atoms with E-state index in [2.05, 4.69) is 375 Å². The molecule has 0 bridgehead atoms. The molecule has 0 spiro atoms. The topological polar surface area (TPSA) is 6.48 Å². The van der Waals surface area contributed by atoms with Crippen molar-refractivity contribution in [2.24, 2.45) is 0 Å². The predicted octanol–water partition coefficient (Wildman–Crippen LogP) is 24.3. The highest BCUT2D eigenvalue weighted by Crippen LogP contribution is 2.53. The first-order valence-corrected chi connectivity index (χ1v) is 30.8. The van der Waals surface area contributed by atoms with Gasteiger partial charge >= 0.3 is 0 Å². The SMILES string of the molecule is CC1(C)c2cc(N(c3ccc(-c4cccc(-c5ccccc5)c4)cc3)c3ccc(-c4cccc(-c5ccccc5)c4)cc3)ccc2-c2ccc(N(c3ccc(-c4cccc(-c5ccccc5)c4)cc3)c3ccc(-c4cccc(-c5ccccc5)c4)cc3)cc21. The van der Waals surface area contributed by atoms with Crippen molar-refractivity contribution in [1.29, 1.82) is 0 Å². The van der Waals surface area contributed by atoms with Crippen molar-refractivity contribution >= 4 is 34.1 Å². The number of benzene rings is 14. The van der Waals surface area contributed by atoms with E-state index in [-0.39, 0.29) is 5.41 Å². The van der Waals surface area contributed by atoms with Crippen molar-refractivity contribution < 1.29 is 0 Å². The minimum Gasteiger partial charge on any atom is -0.310 e. The van der Waals surface area contributed by atoms with E-state index in [9.17, 15) is 0 Å². The highest BCUT2D eigenvalue weighted by Gasteiger charge is 2.37. The van der Waals surface area contributed by atoms with Crippen LogP contribution >= 0.6 is 0 Å². The summed E-state index contributed by atoms with van der Waals surface area (Å²) >= 11 is 0. The lowest BCUT2D eigenvalue weighted by molar-refractivity contribution is 0.660. The number of fused-ring (bicyclic) bond motifs is 3. The molecule has 0 aliphatic heterocycles. The molecule has 14 aromatic rings. The van der Waals surface area contributed by atoms with Crippen LogP contribution < -0.4 is 9.80 Å². The summed E-state index contributed by atoms with van der Waals surface area (Å²) in [6.07, 6.45) is 0. The van der Waals surface area contributed by atoms with E-state index < -0.39 is 0 Å². The number of hydrogen-bond acceptors (Lipinski definition) is 2. The van der Waals surface area contributed by atoms with Crippen LogP contribution in [0.5, 0.6) is 0 Å². The first-order chi connectivity index (χ1) is 43.8. The minimum atomic E-state index is -0.337. The average Bonchev–Trinajstić information content (AvgIpc) is 1.60. The molecule has 0 amide bonds. The summed E-state index contributed by atoms with van der Waals surface area (Å²) in [4.78, 5) is 4.84. The van der Waals surface area contributed by atoms with Gasteiger partial charge in [-0.1, -0.05) is 269 Å². The summed E-state index contributed by atoms with van der Waals surface area (Å²) < 4.78 is 0. The van der Waals surface area contributed by atoms with Crippen molar-refractivity contribution in [3.8, 4) is 100 Å². The summed E-state index contributed by atoms with van der Waals surface area (Å²) in [6, 6.07) is 129. The van der Waals surface area contributed by atoms with Gasteiger partial charge in [0, 0.05) is 39.5 Å². The minimum absolute atomic E-state index is 0.337. The van der Waals surface area contributed by atoms with Gasteiger partial charge in [-0.05, 0) is 208 Å². The number of hydrogen-bond donors (Lipinski definition) is 0. The van der Waals surface area contributed by atoms with Gasteiger partial charge in [-0.2, -0.15) is 0 Å². The van der Waals surface area contributed by atoms with Crippen LogP contribution in [0, 0.1) is 0 Å². The Morgan fingerprint density at radius 2 is 0.360 bits per heavy atom. The van der Waals surface area contributed by atoms with E-state index >= 15 is 0 Å². The van der Waals surface area contributed by atoms with Crippen LogP contribution in [0.25, 0.3) is 100 Å². The molecular weight excluding hydrogens is 1070 g/mol. The Morgan fingerprint density at radius 3 is 0.584 bits per heavy atom. The molecule has 0 fully saturated rings. The lowest BCUT2D eigenvalue weighted by Gasteiger charge is -2.29. The van der Waals surface area contributed by atoms with Gasteiger partial charge in [-0.3, -0.25) is 0 Å². The highest BCUT2D eigenvalue weighted by molar-refractivity contribution is 5.90. The second-order valence-corrected chi connectivity index (χ2v) is 23.7. The molecule has 0 unspecified atom stereocenters. The molecule has 1 aliphatic rings. The van der Waals surface area contributed by atoms with Crippen LogP contribution in [0.2, 0.25) is 0 Å². The quantitative estimate of drug-likeness (QED) is 0.107. The van der Waals surface area contributed by atoms with E-state index in [0.29, 0.717) is 0 Å². The van der Waals surface area contributed by atoms with Crippen molar-refractivity contribution in [2.75, 3.05) is 9.80 Å². The lowest BCUT2D eigenvalue weighted by atomic mass is 9.82. The number of nitrogens with zero attached hydrogens (tertiary/aromatic N) is 2. The average molecular weight is 1140 g/mol. The molecule has 0 atom stereocenters. The van der Waals surface area contributed by atoms with Gasteiger partial charge < -0.3 is 9.80 Å². The normalized spacial score (nSPS) is 12.0. The van der Waals surface area contributed by atoms with Crippen LogP contribution in [-0.2, 0) is 5.41 Å². The molecule has 422 valence electrons. The molecule has 0 heterocycles. The van der Waals surface area contributed by atoms with E-state index in [1.165, 1.54) is 111 Å². The van der Waals surface area contributed by atoms with Gasteiger partial charge in [-0.25, -0.2) is 0 Å². The molecule has 0 radical (unpaired) electrons. The number of anilines is 6. The molecule has 1 aliphatic carbocycles. The Labute approximate surface area is 523 Å². The summed E-state index contributed by atoms with van der Waals surface area (Å²) in [5, 5.41) is 0. The zero-order chi connectivity index (χ0) is 59.7. The lowest BCUT2D eigenvalue weighted by Crippen LogP contribution is -2.17. The molecule has 2 heteroatoms. The van der Waals surface area contributed by atoms with Crippen LogP contribution in [0.1, 0.15) is 25.0 Å². The third-order valence-electron chi connectivity index (χ3n) is 17.9. The van der Waals surface area contributed by atoms with Gasteiger partial charge in [0.1, 0.15) is 0 Å². The first kappa shape index (κ1) is 54.3. The second-order valence-electron chi connectivity index (χ2n) is 23.7. The molecule has 0 saturated heterocycles. The van der Waals surface area contributed by atoms with Crippen molar-refractivity contribution in [3.63, 3.8) is 0 Å². The fourth-order valence-corrected chi connectivity index (χ4v) is 13.1. The van der Waals surface area contributed by atoms with E-state index in [1.807, 2.05) is 0 Å². The molecular formula is C87H64N2. The molecule has 89 heavy (non-hydrogen) atoms. The smallest absolute Gasteiger partial charge is 0.0465 e. The zero-order valence-corrected chi connectivity index (χ0v) is 49.9. The Bertz CT molecular complexity index is 4240. The monoisotopic (exact) mass is 1140 g/mol. The van der Waals surface area contributed by atoms with Crippen molar-refractivity contribution in [3.05, 3.63) is 363 Å². The Hall–Kier alpha value is -11.3. The van der Waals surface area contributed by atoms with E-state index in [1.54, 1.807) is 0 Å². The largest absolute Gasteiger partial charge is 0.310 e. The molecule has 2 nitrogen and oxygen atoms in total. The van der Waals surface area contributed by atoms with Gasteiger partial charge in [0.2, 0.25) is 0 Å². The molecule has 0 N–H and O–H groups in total. The summed E-state index contributed by atoms with van der Waals surface area (Å²) in [6.45, 7) is 4.79. The Morgan fingerprint density at radius 1 is 0.169 bits per heavy atom. The number of rotatable bonds is 14. The second kappa shape index (κ2) is 23.5. The van der Waals surface area contributed by atoms with Crippen LogP contribution in [0.3, 0.4) is 0 Å². The molecule has 14 aromatic carbocycles. The maximum Gasteiger partial charge on any atom is 0.0465 e. The summed E-state index contributed by atoms with van der Waals surface area (Å²) in [5.74, 6) is 0. The van der Waals surface area contributed by atoms with Crippen LogP contribution in [0.4, 0.5) is 34.1 Å². The first-order valence-electron chi connectivity index (χ1n) is 30.8. The summed E-state index contributed by atoms with van der Waals surface area (Å²) in [5.41, 5.74) is 30.4. The van der Waals surface area contributed by atoms with E-state index in [0.717, 1.165) is 34.1 Å². The van der Waals surface area contributed by atoms with Crippen LogP contribution in [0.15, 0.2) is 352 Å². The predicted molar refractivity (Wildman–Crippen MR) is 377 cm³/mol. The van der Waals surface area contributed by atoms with Gasteiger partial charge in [-0.15, -0.1) is 0 Å². The van der Waals surface area contributed by atoms with Crippen molar-refractivity contribution in [1.82, 2.24) is 0 Å². The standard InChI is InChI=1S/C87H64N2/c1-87(2)85-59-81(88(77-43-35-65(36-44-77)73-31-15-27-69(55-73)61-19-7-3-8-20-61)78-45-37-66(38-46-78)74-32-16-28-70(56-74)62-21-9-4-10-22-62)51-53-83(85)84-54-52-82(60-86(84)87)89(79-47-39-67(40-48-79)75-33-17-29-71(57-75)63-23-11-5-12-24-63)80-49-41-68(42-50-80)76-34-18-30-72(58-76)64-25-13-6-14-26-64/h3-60H,1-2H3. The molecule has 15 rings (SSSR count). The van der Waals surface area contributed by atoms with Gasteiger partial charge in [0.15, 0.2) is 0 Å². The highest BCUT2D eigenvalue weighted by atomic mass is 15.1. The maximum atomic E-state index is 2.44. The molecule has 0 saturated carbocycles. The Kier molecular flexibility index (Phi) is 14.4. The fraction of sp³-hybridized carbons (Fsp3) is 0.0345. The fourth-order valence-electron chi connectivity index (χ4n) is 13.1. The third kappa shape index (κ3) is 10.8.